The molecule has 0 bridgehead atoms. The number of hydrogen-bond donors (Lipinski definition) is 0. The highest BCUT2D eigenvalue weighted by molar-refractivity contribution is 5.79. The number of esters is 1. The molecule has 0 aromatic rings. The number of hydrogen-bond acceptors (Lipinski definition) is 5. The van der Waals surface area contributed by atoms with E-state index in [1.54, 1.807) is 0 Å². The van der Waals surface area contributed by atoms with Gasteiger partial charge in [-0.2, -0.15) is 0 Å². The Hall–Kier alpha value is -1.14. The molecule has 0 unspecified atom stereocenters. The molecule has 0 radical (unpaired) electrons. The van der Waals surface area contributed by atoms with Gasteiger partial charge < -0.3 is 14.5 Å². The fourth-order valence-electron chi connectivity index (χ4n) is 1.98. The van der Waals surface area contributed by atoms with Crippen molar-refractivity contribution in [2.24, 2.45) is 0 Å². The van der Waals surface area contributed by atoms with E-state index in [9.17, 15) is 9.59 Å². The van der Waals surface area contributed by atoms with E-state index in [4.69, 9.17) is 0 Å². The van der Waals surface area contributed by atoms with E-state index < -0.39 is 0 Å². The van der Waals surface area contributed by atoms with Crippen LogP contribution in [0.4, 0.5) is 0 Å². The molecule has 0 aliphatic carbocycles. The molecule has 1 aliphatic heterocycles. The van der Waals surface area contributed by atoms with Crippen molar-refractivity contribution < 1.29 is 14.3 Å². The predicted octanol–water partition coefficient (Wildman–Crippen LogP) is -0.356. The van der Waals surface area contributed by atoms with Gasteiger partial charge in [0.15, 0.2) is 0 Å². The van der Waals surface area contributed by atoms with Gasteiger partial charge in [0.05, 0.1) is 20.2 Å². The minimum Gasteiger partial charge on any atom is -0.468 e. The minimum absolute atomic E-state index is 0.0886. The molecule has 1 saturated heterocycles. The van der Waals surface area contributed by atoms with Crippen molar-refractivity contribution in [2.45, 2.75) is 19.9 Å². The lowest BCUT2D eigenvalue weighted by atomic mass is 10.2. The summed E-state index contributed by atoms with van der Waals surface area (Å²) in [6, 6.07) is 0.135. The highest BCUT2D eigenvalue weighted by atomic mass is 16.5. The summed E-state index contributed by atoms with van der Waals surface area (Å²) in [6.45, 7) is 7.72. The quantitative estimate of drug-likeness (QED) is 0.639. The first-order valence-corrected chi connectivity index (χ1v) is 6.71. The van der Waals surface area contributed by atoms with Crippen molar-refractivity contribution >= 4 is 11.9 Å². The molecule has 1 rings (SSSR count). The number of methoxy groups -OCH3 is 1. The maximum absolute atomic E-state index is 12.2. The zero-order chi connectivity index (χ0) is 14.4. The van der Waals surface area contributed by atoms with Crippen LogP contribution >= 0.6 is 0 Å². The summed E-state index contributed by atoms with van der Waals surface area (Å²) in [4.78, 5) is 29.4. The average Bonchev–Trinajstić information content (AvgIpc) is 2.38. The van der Waals surface area contributed by atoms with Crippen LogP contribution in [0.15, 0.2) is 0 Å². The molecule has 0 aromatic carbocycles. The Kier molecular flexibility index (Phi) is 6.24. The van der Waals surface area contributed by atoms with Crippen LogP contribution in [0.5, 0.6) is 0 Å². The molecule has 0 spiro atoms. The van der Waals surface area contributed by atoms with E-state index in [2.05, 4.69) is 16.7 Å². The maximum atomic E-state index is 12.2. The van der Waals surface area contributed by atoms with E-state index in [0.29, 0.717) is 0 Å². The van der Waals surface area contributed by atoms with Gasteiger partial charge in [0, 0.05) is 32.2 Å². The number of carbonyl (C=O) groups excluding carboxylic acids is 2. The summed E-state index contributed by atoms with van der Waals surface area (Å²) in [5, 5.41) is 0. The van der Waals surface area contributed by atoms with Gasteiger partial charge in [-0.15, -0.1) is 0 Å². The number of piperazine rings is 1. The van der Waals surface area contributed by atoms with E-state index in [-0.39, 0.29) is 31.0 Å². The van der Waals surface area contributed by atoms with Gasteiger partial charge in [-0.3, -0.25) is 14.5 Å². The smallest absolute Gasteiger partial charge is 0.319 e. The van der Waals surface area contributed by atoms with Gasteiger partial charge in [-0.05, 0) is 20.9 Å². The summed E-state index contributed by atoms with van der Waals surface area (Å²) in [5.41, 5.74) is 0. The van der Waals surface area contributed by atoms with Crippen LogP contribution in [0.25, 0.3) is 0 Å². The van der Waals surface area contributed by atoms with Crippen molar-refractivity contribution in [3.8, 4) is 0 Å². The predicted molar refractivity (Wildman–Crippen MR) is 72.8 cm³/mol. The number of rotatable bonds is 5. The standard InChI is InChI=1S/C13H25N3O3/c1-11(2)16(10-13(18)19-4)9-12(17)15-7-5-14(3)6-8-15/h11H,5-10H2,1-4H3. The molecule has 0 atom stereocenters. The molecule has 110 valence electrons. The molecule has 19 heavy (non-hydrogen) atoms. The lowest BCUT2D eigenvalue weighted by Crippen LogP contribution is -2.51. The Labute approximate surface area is 115 Å². The molecular weight excluding hydrogens is 246 g/mol. The number of carbonyl (C=O) groups is 2. The van der Waals surface area contributed by atoms with Crippen molar-refractivity contribution in [3.63, 3.8) is 0 Å². The zero-order valence-corrected chi connectivity index (χ0v) is 12.4. The van der Waals surface area contributed by atoms with E-state index in [1.807, 2.05) is 23.6 Å². The lowest BCUT2D eigenvalue weighted by molar-refractivity contribution is -0.143. The molecule has 0 N–H and O–H groups in total. The molecule has 0 aromatic heterocycles. The zero-order valence-electron chi connectivity index (χ0n) is 12.4. The number of amides is 1. The minimum atomic E-state index is -0.306. The fourth-order valence-corrected chi connectivity index (χ4v) is 1.98. The SMILES string of the molecule is COC(=O)CN(CC(=O)N1CCN(C)CC1)C(C)C. The van der Waals surface area contributed by atoms with Crippen LogP contribution in [0.2, 0.25) is 0 Å². The summed E-state index contributed by atoms with van der Waals surface area (Å²) in [6.07, 6.45) is 0. The lowest BCUT2D eigenvalue weighted by Gasteiger charge is -2.34. The molecule has 1 fully saturated rings. The molecule has 1 heterocycles. The molecule has 6 nitrogen and oxygen atoms in total. The van der Waals surface area contributed by atoms with Gasteiger partial charge in [-0.25, -0.2) is 0 Å². The molecular formula is C13H25N3O3. The number of nitrogens with zero attached hydrogens (tertiary/aromatic N) is 3. The summed E-state index contributed by atoms with van der Waals surface area (Å²) in [5.74, 6) is -0.217. The normalized spacial score (nSPS) is 17.1. The van der Waals surface area contributed by atoms with Crippen LogP contribution in [0, 0.1) is 0 Å². The van der Waals surface area contributed by atoms with Crippen LogP contribution in [0.1, 0.15) is 13.8 Å². The summed E-state index contributed by atoms with van der Waals surface area (Å²) in [7, 11) is 3.42. The Morgan fingerprint density at radius 2 is 1.74 bits per heavy atom. The molecule has 0 saturated carbocycles. The first kappa shape index (κ1) is 15.9. The van der Waals surface area contributed by atoms with E-state index in [1.165, 1.54) is 7.11 Å². The maximum Gasteiger partial charge on any atom is 0.319 e. The van der Waals surface area contributed by atoms with Gasteiger partial charge in [0.25, 0.3) is 0 Å². The van der Waals surface area contributed by atoms with E-state index >= 15 is 0 Å². The Bertz CT molecular complexity index is 312. The third-order valence-electron chi connectivity index (χ3n) is 3.48. The van der Waals surface area contributed by atoms with Crippen LogP contribution in [-0.4, -0.2) is 86.0 Å². The molecule has 1 aliphatic rings. The Morgan fingerprint density at radius 1 is 1.16 bits per heavy atom. The largest absolute Gasteiger partial charge is 0.468 e. The molecule has 6 heteroatoms. The van der Waals surface area contributed by atoms with Crippen molar-refractivity contribution in [2.75, 3.05) is 53.4 Å². The highest BCUT2D eigenvalue weighted by Gasteiger charge is 2.23. The average molecular weight is 271 g/mol. The first-order valence-electron chi connectivity index (χ1n) is 6.71. The Balaban J connectivity index is 2.49. The first-order chi connectivity index (χ1) is 8.93. The van der Waals surface area contributed by atoms with Crippen molar-refractivity contribution in [1.82, 2.24) is 14.7 Å². The Morgan fingerprint density at radius 3 is 2.21 bits per heavy atom. The topological polar surface area (TPSA) is 53.1 Å². The number of ether oxygens (including phenoxy) is 1. The third-order valence-corrected chi connectivity index (χ3v) is 3.48. The highest BCUT2D eigenvalue weighted by Crippen LogP contribution is 2.04. The second-order valence-corrected chi connectivity index (χ2v) is 5.26. The fraction of sp³-hybridized carbons (Fsp3) is 0.846. The summed E-state index contributed by atoms with van der Waals surface area (Å²) < 4.78 is 4.66. The monoisotopic (exact) mass is 271 g/mol. The van der Waals surface area contributed by atoms with E-state index in [0.717, 1.165) is 26.2 Å². The van der Waals surface area contributed by atoms with Crippen LogP contribution in [-0.2, 0) is 14.3 Å². The molecule has 1 amide bonds. The van der Waals surface area contributed by atoms with Gasteiger partial charge >= 0.3 is 5.97 Å². The van der Waals surface area contributed by atoms with Crippen molar-refractivity contribution in [1.29, 1.82) is 0 Å². The third kappa shape index (κ3) is 5.16. The van der Waals surface area contributed by atoms with Crippen LogP contribution in [0.3, 0.4) is 0 Å². The van der Waals surface area contributed by atoms with Crippen molar-refractivity contribution in [3.05, 3.63) is 0 Å². The summed E-state index contributed by atoms with van der Waals surface area (Å²) >= 11 is 0. The van der Waals surface area contributed by atoms with Gasteiger partial charge in [0.1, 0.15) is 0 Å². The second-order valence-electron chi connectivity index (χ2n) is 5.26. The second kappa shape index (κ2) is 7.45. The van der Waals surface area contributed by atoms with Crippen LogP contribution < -0.4 is 0 Å². The number of likely N-dealkylation sites (N-methyl/N-ethyl adjacent to an activating group) is 1. The van der Waals surface area contributed by atoms with Gasteiger partial charge in [-0.1, -0.05) is 0 Å². The van der Waals surface area contributed by atoms with Gasteiger partial charge in [0.2, 0.25) is 5.91 Å².